The molecule has 174 valence electrons. The average molecular weight is 509 g/mol. The van der Waals surface area contributed by atoms with Crippen LogP contribution in [0.25, 0.3) is 0 Å². The van der Waals surface area contributed by atoms with Crippen molar-refractivity contribution in [3.8, 4) is 11.5 Å². The van der Waals surface area contributed by atoms with Crippen LogP contribution in [0, 0.1) is 6.92 Å². The number of aryl methyl sites for hydroxylation is 1. The second-order valence-corrected chi connectivity index (χ2v) is 9.81. The molecule has 0 radical (unpaired) electrons. The van der Waals surface area contributed by atoms with E-state index in [0.29, 0.717) is 17.2 Å². The number of rotatable bonds is 8. The van der Waals surface area contributed by atoms with Crippen LogP contribution in [-0.2, 0) is 14.8 Å². The molecule has 1 N–H and O–H groups in total. The number of methoxy groups -OCH3 is 2. The largest absolute Gasteiger partial charge is 0.493 e. The maximum atomic E-state index is 13.5. The third-order valence-electron chi connectivity index (χ3n) is 4.70. The number of carbonyl (C=O) groups is 1. The fraction of sp³-hybridized carbons (Fsp3) is 0.174. The van der Waals surface area contributed by atoms with E-state index in [1.54, 1.807) is 30.3 Å². The summed E-state index contributed by atoms with van der Waals surface area (Å²) in [6, 6.07) is 15.5. The van der Waals surface area contributed by atoms with Gasteiger partial charge in [0.1, 0.15) is 6.54 Å². The van der Waals surface area contributed by atoms with E-state index in [9.17, 15) is 13.2 Å². The summed E-state index contributed by atoms with van der Waals surface area (Å²) < 4.78 is 38.3. The first-order valence-corrected chi connectivity index (χ1v) is 11.9. The Morgan fingerprint density at radius 1 is 0.909 bits per heavy atom. The van der Waals surface area contributed by atoms with Gasteiger partial charge in [-0.3, -0.25) is 9.10 Å². The van der Waals surface area contributed by atoms with E-state index >= 15 is 0 Å². The van der Waals surface area contributed by atoms with Crippen molar-refractivity contribution < 1.29 is 22.7 Å². The minimum absolute atomic E-state index is 0.0307. The summed E-state index contributed by atoms with van der Waals surface area (Å²) in [6.45, 7) is 1.34. The van der Waals surface area contributed by atoms with Gasteiger partial charge in [-0.15, -0.1) is 0 Å². The molecule has 0 heterocycles. The molecule has 0 fully saturated rings. The quantitative estimate of drug-likeness (QED) is 0.454. The summed E-state index contributed by atoms with van der Waals surface area (Å²) in [5, 5.41) is 3.16. The highest BCUT2D eigenvalue weighted by Crippen LogP contribution is 2.31. The van der Waals surface area contributed by atoms with E-state index in [1.165, 1.54) is 44.6 Å². The second kappa shape index (κ2) is 10.3. The number of nitrogens with zero attached hydrogens (tertiary/aromatic N) is 1. The summed E-state index contributed by atoms with van der Waals surface area (Å²) in [5.41, 5.74) is 1.47. The molecule has 0 aliphatic rings. The van der Waals surface area contributed by atoms with Gasteiger partial charge >= 0.3 is 0 Å². The summed E-state index contributed by atoms with van der Waals surface area (Å²) in [4.78, 5) is 12.9. The number of halogens is 2. The number of benzene rings is 3. The minimum atomic E-state index is -4.10. The average Bonchev–Trinajstić information content (AvgIpc) is 2.76. The molecular weight excluding hydrogens is 487 g/mol. The van der Waals surface area contributed by atoms with Crippen LogP contribution in [0.1, 0.15) is 5.56 Å². The Morgan fingerprint density at radius 3 is 2.09 bits per heavy atom. The van der Waals surface area contributed by atoms with E-state index in [4.69, 9.17) is 32.7 Å². The molecule has 10 heteroatoms. The Morgan fingerprint density at radius 2 is 1.52 bits per heavy atom. The van der Waals surface area contributed by atoms with Gasteiger partial charge in [-0.05, 0) is 49.4 Å². The highest BCUT2D eigenvalue weighted by atomic mass is 35.5. The zero-order valence-corrected chi connectivity index (χ0v) is 20.5. The molecule has 3 rings (SSSR count). The predicted molar refractivity (Wildman–Crippen MR) is 130 cm³/mol. The Bertz CT molecular complexity index is 1240. The van der Waals surface area contributed by atoms with Crippen LogP contribution in [0.2, 0.25) is 10.0 Å². The lowest BCUT2D eigenvalue weighted by atomic mass is 10.2. The van der Waals surface area contributed by atoms with Crippen molar-refractivity contribution in [1.29, 1.82) is 0 Å². The molecule has 7 nitrogen and oxygen atoms in total. The topological polar surface area (TPSA) is 84.9 Å². The molecule has 0 spiro atoms. The van der Waals surface area contributed by atoms with Gasteiger partial charge in [-0.2, -0.15) is 0 Å². The number of sulfonamides is 1. The summed E-state index contributed by atoms with van der Waals surface area (Å²) >= 11 is 12.2. The molecule has 33 heavy (non-hydrogen) atoms. The Kier molecular flexibility index (Phi) is 7.73. The third-order valence-corrected chi connectivity index (χ3v) is 6.92. The minimum Gasteiger partial charge on any atom is -0.493 e. The molecule has 0 saturated carbocycles. The van der Waals surface area contributed by atoms with Crippen LogP contribution >= 0.6 is 23.2 Å². The summed E-state index contributed by atoms with van der Waals surface area (Å²) in [5.74, 6) is 0.336. The van der Waals surface area contributed by atoms with Crippen molar-refractivity contribution in [1.82, 2.24) is 0 Å². The second-order valence-electron chi connectivity index (χ2n) is 7.07. The van der Waals surface area contributed by atoms with Crippen LogP contribution in [0.3, 0.4) is 0 Å². The van der Waals surface area contributed by atoms with Crippen LogP contribution in [0.5, 0.6) is 11.5 Å². The lowest BCUT2D eigenvalue weighted by molar-refractivity contribution is -0.114. The van der Waals surface area contributed by atoms with Crippen molar-refractivity contribution >= 4 is 50.5 Å². The molecule has 0 saturated heterocycles. The van der Waals surface area contributed by atoms with Gasteiger partial charge in [0, 0.05) is 21.8 Å². The van der Waals surface area contributed by atoms with Gasteiger partial charge in [-0.1, -0.05) is 40.9 Å². The number of ether oxygens (including phenoxy) is 2. The molecule has 0 aromatic heterocycles. The van der Waals surface area contributed by atoms with E-state index < -0.39 is 22.5 Å². The van der Waals surface area contributed by atoms with Crippen molar-refractivity contribution in [3.05, 3.63) is 76.3 Å². The molecule has 3 aromatic rings. The van der Waals surface area contributed by atoms with E-state index in [0.717, 1.165) is 9.87 Å². The van der Waals surface area contributed by atoms with E-state index in [2.05, 4.69) is 5.32 Å². The number of carbonyl (C=O) groups excluding carboxylic acids is 1. The monoisotopic (exact) mass is 508 g/mol. The van der Waals surface area contributed by atoms with Crippen LogP contribution in [0.15, 0.2) is 65.6 Å². The third kappa shape index (κ3) is 5.90. The highest BCUT2D eigenvalue weighted by molar-refractivity contribution is 7.92. The van der Waals surface area contributed by atoms with Crippen LogP contribution < -0.4 is 19.1 Å². The summed E-state index contributed by atoms with van der Waals surface area (Å²) in [6.07, 6.45) is 0. The maximum absolute atomic E-state index is 13.5. The lowest BCUT2D eigenvalue weighted by Crippen LogP contribution is -2.38. The van der Waals surface area contributed by atoms with Gasteiger partial charge in [-0.25, -0.2) is 8.42 Å². The zero-order valence-electron chi connectivity index (χ0n) is 18.1. The van der Waals surface area contributed by atoms with E-state index in [1.807, 2.05) is 6.92 Å². The summed E-state index contributed by atoms with van der Waals surface area (Å²) in [7, 11) is -1.13. The first kappa shape index (κ1) is 24.7. The normalized spacial score (nSPS) is 11.1. The van der Waals surface area contributed by atoms with Gasteiger partial charge in [0.25, 0.3) is 10.0 Å². The first-order valence-electron chi connectivity index (χ1n) is 9.71. The fourth-order valence-electron chi connectivity index (χ4n) is 3.08. The van der Waals surface area contributed by atoms with Crippen LogP contribution in [0.4, 0.5) is 11.4 Å². The fourth-order valence-corrected chi connectivity index (χ4v) is 5.00. The molecule has 1 amide bonds. The smallest absolute Gasteiger partial charge is 0.264 e. The molecule has 0 aliphatic carbocycles. The van der Waals surface area contributed by atoms with Gasteiger partial charge < -0.3 is 14.8 Å². The first-order chi connectivity index (χ1) is 15.6. The number of hydrogen-bond acceptors (Lipinski definition) is 5. The Labute approximate surface area is 202 Å². The van der Waals surface area contributed by atoms with E-state index in [-0.39, 0.29) is 20.6 Å². The molecule has 0 unspecified atom stereocenters. The lowest BCUT2D eigenvalue weighted by Gasteiger charge is -2.24. The molecule has 3 aromatic carbocycles. The van der Waals surface area contributed by atoms with Gasteiger partial charge in [0.05, 0.1) is 24.8 Å². The number of amides is 1. The zero-order chi connectivity index (χ0) is 24.2. The van der Waals surface area contributed by atoms with Crippen molar-refractivity contribution in [2.45, 2.75) is 11.8 Å². The Hall–Kier alpha value is -2.94. The standard InChI is InChI=1S/C23H22Cl2N2O5S/c1-15-4-7-20(8-5-15)33(29,30)27(19-11-16(24)10-17(25)12-19)14-23(28)26-18-6-9-21(31-2)22(13-18)32-3/h4-13H,14H2,1-3H3,(H,26,28). The molecule has 0 aliphatic heterocycles. The van der Waals surface area contributed by atoms with Crippen molar-refractivity contribution in [2.24, 2.45) is 0 Å². The number of anilines is 2. The SMILES string of the molecule is COc1ccc(NC(=O)CN(c2cc(Cl)cc(Cl)c2)S(=O)(=O)c2ccc(C)cc2)cc1OC. The number of hydrogen-bond donors (Lipinski definition) is 1. The highest BCUT2D eigenvalue weighted by Gasteiger charge is 2.28. The molecule has 0 atom stereocenters. The number of nitrogens with one attached hydrogen (secondary N) is 1. The van der Waals surface area contributed by atoms with Gasteiger partial charge in [0.15, 0.2) is 11.5 Å². The van der Waals surface area contributed by atoms with Crippen molar-refractivity contribution in [3.63, 3.8) is 0 Å². The maximum Gasteiger partial charge on any atom is 0.264 e. The van der Waals surface area contributed by atoms with Crippen molar-refractivity contribution in [2.75, 3.05) is 30.4 Å². The predicted octanol–water partition coefficient (Wildman–Crippen LogP) is 5.15. The molecule has 0 bridgehead atoms. The molecular formula is C23H22Cl2N2O5S. The Balaban J connectivity index is 1.96. The van der Waals surface area contributed by atoms with Crippen LogP contribution in [-0.4, -0.2) is 35.1 Å². The van der Waals surface area contributed by atoms with Gasteiger partial charge in [0.2, 0.25) is 5.91 Å².